The zero-order valence-corrected chi connectivity index (χ0v) is 7.77. The number of carbonyl (C=O) groups excluding carboxylic acids is 1. The standard InChI is InChI=1S/C10H12N2O2/c13-10(8-4-2-1-3-5-8)14-9-6-11-7-12-9/h1-2,6-8H,3-5H2,(H,11,12). The number of aromatic amines is 1. The van der Waals surface area contributed by atoms with E-state index in [0.717, 1.165) is 19.3 Å². The van der Waals surface area contributed by atoms with Crippen LogP contribution < -0.4 is 4.74 Å². The normalized spacial score (nSPS) is 20.7. The summed E-state index contributed by atoms with van der Waals surface area (Å²) in [4.78, 5) is 18.1. The molecule has 1 aliphatic rings. The Kier molecular flexibility index (Phi) is 2.62. The van der Waals surface area contributed by atoms with E-state index in [9.17, 15) is 4.79 Å². The second-order valence-electron chi connectivity index (χ2n) is 3.32. The van der Waals surface area contributed by atoms with E-state index in [0.29, 0.717) is 5.88 Å². The first-order valence-corrected chi connectivity index (χ1v) is 4.71. The van der Waals surface area contributed by atoms with Gasteiger partial charge in [0.05, 0.1) is 18.4 Å². The van der Waals surface area contributed by atoms with E-state index >= 15 is 0 Å². The Labute approximate surface area is 82.0 Å². The molecule has 0 saturated heterocycles. The number of allylic oxidation sites excluding steroid dienone is 2. The Hall–Kier alpha value is -1.58. The van der Waals surface area contributed by atoms with Gasteiger partial charge in [-0.3, -0.25) is 4.79 Å². The third kappa shape index (κ3) is 2.02. The number of esters is 1. The van der Waals surface area contributed by atoms with Crippen LogP contribution in [0.3, 0.4) is 0 Å². The van der Waals surface area contributed by atoms with E-state index in [-0.39, 0.29) is 11.9 Å². The average molecular weight is 192 g/mol. The Morgan fingerprint density at radius 1 is 1.57 bits per heavy atom. The van der Waals surface area contributed by atoms with Gasteiger partial charge in [-0.05, 0) is 19.3 Å². The van der Waals surface area contributed by atoms with Crippen molar-refractivity contribution in [3.63, 3.8) is 0 Å². The van der Waals surface area contributed by atoms with E-state index in [1.807, 2.05) is 6.08 Å². The van der Waals surface area contributed by atoms with Crippen LogP contribution in [0.5, 0.6) is 5.88 Å². The smallest absolute Gasteiger partial charge is 0.315 e. The lowest BCUT2D eigenvalue weighted by atomic mass is 9.95. The molecule has 1 aliphatic carbocycles. The van der Waals surface area contributed by atoms with Crippen LogP contribution in [0.4, 0.5) is 0 Å². The molecular weight excluding hydrogens is 180 g/mol. The first-order chi connectivity index (χ1) is 6.86. The Morgan fingerprint density at radius 2 is 2.50 bits per heavy atom. The first-order valence-electron chi connectivity index (χ1n) is 4.71. The molecule has 0 saturated carbocycles. The molecule has 0 amide bonds. The highest BCUT2D eigenvalue weighted by Crippen LogP contribution is 2.20. The van der Waals surface area contributed by atoms with Gasteiger partial charge in [0.15, 0.2) is 0 Å². The number of H-pyrrole nitrogens is 1. The second kappa shape index (κ2) is 4.09. The van der Waals surface area contributed by atoms with Crippen molar-refractivity contribution in [3.8, 4) is 5.88 Å². The van der Waals surface area contributed by atoms with Gasteiger partial charge in [-0.15, -0.1) is 0 Å². The minimum Gasteiger partial charge on any atom is -0.408 e. The second-order valence-corrected chi connectivity index (χ2v) is 3.32. The van der Waals surface area contributed by atoms with E-state index in [2.05, 4.69) is 16.0 Å². The van der Waals surface area contributed by atoms with Crippen molar-refractivity contribution in [2.75, 3.05) is 0 Å². The van der Waals surface area contributed by atoms with Gasteiger partial charge in [-0.25, -0.2) is 4.98 Å². The fourth-order valence-electron chi connectivity index (χ4n) is 1.50. The van der Waals surface area contributed by atoms with Gasteiger partial charge < -0.3 is 9.72 Å². The molecule has 74 valence electrons. The van der Waals surface area contributed by atoms with Crippen LogP contribution in [-0.4, -0.2) is 15.9 Å². The predicted octanol–water partition coefficient (Wildman–Crippen LogP) is 1.67. The summed E-state index contributed by atoms with van der Waals surface area (Å²) in [6.45, 7) is 0. The van der Waals surface area contributed by atoms with Crippen LogP contribution in [0, 0.1) is 5.92 Å². The molecule has 1 atom stereocenters. The van der Waals surface area contributed by atoms with Crippen LogP contribution in [0.15, 0.2) is 24.7 Å². The highest BCUT2D eigenvalue weighted by Gasteiger charge is 2.20. The van der Waals surface area contributed by atoms with Crippen molar-refractivity contribution in [2.45, 2.75) is 19.3 Å². The number of nitrogens with one attached hydrogen (secondary N) is 1. The molecule has 14 heavy (non-hydrogen) atoms. The number of rotatable bonds is 2. The molecule has 1 aromatic heterocycles. The lowest BCUT2D eigenvalue weighted by molar-refractivity contribution is -0.139. The predicted molar refractivity (Wildman–Crippen MR) is 50.7 cm³/mol. The molecular formula is C10H12N2O2. The summed E-state index contributed by atoms with van der Waals surface area (Å²) in [5.74, 6) is 0.256. The highest BCUT2D eigenvalue weighted by molar-refractivity contribution is 5.75. The van der Waals surface area contributed by atoms with Crippen molar-refractivity contribution < 1.29 is 9.53 Å². The number of nitrogens with zero attached hydrogens (tertiary/aromatic N) is 1. The van der Waals surface area contributed by atoms with Gasteiger partial charge in [0.25, 0.3) is 0 Å². The Balaban J connectivity index is 1.92. The topological polar surface area (TPSA) is 55.0 Å². The van der Waals surface area contributed by atoms with Crippen LogP contribution in [-0.2, 0) is 4.79 Å². The van der Waals surface area contributed by atoms with Gasteiger partial charge in [0.1, 0.15) is 0 Å². The van der Waals surface area contributed by atoms with Gasteiger partial charge in [-0.1, -0.05) is 12.2 Å². The van der Waals surface area contributed by atoms with Crippen LogP contribution in [0.25, 0.3) is 0 Å². The summed E-state index contributed by atoms with van der Waals surface area (Å²) >= 11 is 0. The monoisotopic (exact) mass is 192 g/mol. The SMILES string of the molecule is O=C(Oc1cnc[nH]1)C1CC=CCC1. The number of carbonyl (C=O) groups is 1. The molecule has 1 N–H and O–H groups in total. The van der Waals surface area contributed by atoms with Gasteiger partial charge in [-0.2, -0.15) is 0 Å². The zero-order chi connectivity index (χ0) is 9.80. The summed E-state index contributed by atoms with van der Waals surface area (Å²) in [5.41, 5.74) is 0. The quantitative estimate of drug-likeness (QED) is 0.572. The number of hydrogen-bond acceptors (Lipinski definition) is 3. The molecule has 4 heteroatoms. The lowest BCUT2D eigenvalue weighted by Crippen LogP contribution is -2.21. The van der Waals surface area contributed by atoms with Crippen molar-refractivity contribution in [2.24, 2.45) is 5.92 Å². The van der Waals surface area contributed by atoms with Crippen molar-refractivity contribution in [1.82, 2.24) is 9.97 Å². The van der Waals surface area contributed by atoms with Gasteiger partial charge >= 0.3 is 5.97 Å². The van der Waals surface area contributed by atoms with Crippen molar-refractivity contribution in [3.05, 3.63) is 24.7 Å². The van der Waals surface area contributed by atoms with Crippen molar-refractivity contribution in [1.29, 1.82) is 0 Å². The molecule has 0 radical (unpaired) electrons. The number of ether oxygens (including phenoxy) is 1. The van der Waals surface area contributed by atoms with E-state index in [1.54, 1.807) is 0 Å². The average Bonchev–Trinajstić information content (AvgIpc) is 2.72. The molecule has 1 heterocycles. The van der Waals surface area contributed by atoms with Crippen molar-refractivity contribution >= 4 is 5.97 Å². The summed E-state index contributed by atoms with van der Waals surface area (Å²) in [6, 6.07) is 0. The number of imidazole rings is 1. The zero-order valence-electron chi connectivity index (χ0n) is 7.77. The largest absolute Gasteiger partial charge is 0.408 e. The maximum absolute atomic E-state index is 11.6. The van der Waals surface area contributed by atoms with Gasteiger partial charge in [0.2, 0.25) is 5.88 Å². The molecule has 4 nitrogen and oxygen atoms in total. The van der Waals surface area contributed by atoms with Crippen LogP contribution in [0.2, 0.25) is 0 Å². The molecule has 2 rings (SSSR count). The summed E-state index contributed by atoms with van der Waals surface area (Å²) in [6.07, 6.45) is 9.74. The highest BCUT2D eigenvalue weighted by atomic mass is 16.5. The minimum absolute atomic E-state index is 0.00306. The van der Waals surface area contributed by atoms with E-state index < -0.39 is 0 Å². The molecule has 1 aromatic rings. The van der Waals surface area contributed by atoms with Crippen LogP contribution in [0.1, 0.15) is 19.3 Å². The molecule has 0 aliphatic heterocycles. The number of hydrogen-bond donors (Lipinski definition) is 1. The lowest BCUT2D eigenvalue weighted by Gasteiger charge is -2.14. The third-order valence-corrected chi connectivity index (χ3v) is 2.29. The minimum atomic E-state index is -0.168. The molecule has 1 unspecified atom stereocenters. The maximum Gasteiger partial charge on any atom is 0.315 e. The maximum atomic E-state index is 11.6. The van der Waals surface area contributed by atoms with Gasteiger partial charge in [0, 0.05) is 0 Å². The molecule has 0 fully saturated rings. The summed E-state index contributed by atoms with van der Waals surface area (Å²) in [7, 11) is 0. The first kappa shape index (κ1) is 8.99. The van der Waals surface area contributed by atoms with E-state index in [4.69, 9.17) is 4.74 Å². The Morgan fingerprint density at radius 3 is 3.14 bits per heavy atom. The molecule has 0 bridgehead atoms. The third-order valence-electron chi connectivity index (χ3n) is 2.29. The van der Waals surface area contributed by atoms with E-state index in [1.165, 1.54) is 12.5 Å². The summed E-state index contributed by atoms with van der Waals surface area (Å²) < 4.78 is 5.10. The van der Waals surface area contributed by atoms with Crippen LogP contribution >= 0.6 is 0 Å². The molecule has 0 aromatic carbocycles. The fourth-order valence-corrected chi connectivity index (χ4v) is 1.50. The fraction of sp³-hybridized carbons (Fsp3) is 0.400. The number of aromatic nitrogens is 2. The molecule has 0 spiro atoms. The Bertz CT molecular complexity index is 330. The summed E-state index contributed by atoms with van der Waals surface area (Å²) in [5, 5.41) is 0.